The first-order chi connectivity index (χ1) is 15.8. The Bertz CT molecular complexity index is 1430. The molecule has 1 N–H and O–H groups in total. The van der Waals surface area contributed by atoms with Crippen molar-refractivity contribution in [2.45, 2.75) is 24.3 Å². The molecule has 2 heterocycles. The average molecular weight is 471 g/mol. The fourth-order valence-electron chi connectivity index (χ4n) is 3.65. The van der Waals surface area contributed by atoms with Crippen molar-refractivity contribution in [1.82, 2.24) is 14.1 Å². The van der Waals surface area contributed by atoms with Gasteiger partial charge in [-0.3, -0.25) is 24.3 Å². The number of carbonyl (C=O) groups excluding carboxylic acids is 2. The van der Waals surface area contributed by atoms with Crippen molar-refractivity contribution in [3.63, 3.8) is 0 Å². The molecular weight excluding hydrogens is 450 g/mol. The lowest BCUT2D eigenvalue weighted by atomic mass is 10.1. The zero-order chi connectivity index (χ0) is 23.6. The summed E-state index contributed by atoms with van der Waals surface area (Å²) in [6.45, 7) is -0.210. The minimum atomic E-state index is -3.59. The van der Waals surface area contributed by atoms with E-state index in [-0.39, 0.29) is 21.2 Å². The Hall–Kier alpha value is -3.57. The molecule has 2 aromatic carbocycles. The standard InChI is InChI=1S/C22H21N3O7S/c26-19(15-7-9-16(10-8-15)33(30,31)24-11-3-4-12-24)14-32-20(27)13-25-22(29)18-6-2-1-5-17(18)21(28)23-25/h1-2,5-10H,3-4,11-14H2,(H,23,28). The van der Waals surface area contributed by atoms with Crippen molar-refractivity contribution >= 4 is 32.5 Å². The van der Waals surface area contributed by atoms with Crippen LogP contribution in [0.5, 0.6) is 0 Å². The molecule has 0 saturated carbocycles. The summed E-state index contributed by atoms with van der Waals surface area (Å²) >= 11 is 0. The lowest BCUT2D eigenvalue weighted by Crippen LogP contribution is -2.33. The van der Waals surface area contributed by atoms with E-state index in [0.29, 0.717) is 13.1 Å². The van der Waals surface area contributed by atoms with Crippen LogP contribution in [0.2, 0.25) is 0 Å². The minimum absolute atomic E-state index is 0.0950. The van der Waals surface area contributed by atoms with Crippen LogP contribution in [-0.2, 0) is 26.1 Å². The number of ether oxygens (including phenoxy) is 1. The van der Waals surface area contributed by atoms with Crippen LogP contribution in [0.25, 0.3) is 10.8 Å². The highest BCUT2D eigenvalue weighted by Crippen LogP contribution is 2.21. The quantitative estimate of drug-likeness (QED) is 0.399. The maximum atomic E-state index is 12.6. The maximum Gasteiger partial charge on any atom is 0.328 e. The number of hydrogen-bond acceptors (Lipinski definition) is 7. The lowest BCUT2D eigenvalue weighted by Gasteiger charge is -2.15. The number of rotatable bonds is 7. The molecule has 0 atom stereocenters. The molecule has 172 valence electrons. The Labute approximate surface area is 188 Å². The monoisotopic (exact) mass is 471 g/mol. The zero-order valence-corrected chi connectivity index (χ0v) is 18.3. The number of fused-ring (bicyclic) bond motifs is 1. The smallest absolute Gasteiger partial charge is 0.328 e. The summed E-state index contributed by atoms with van der Waals surface area (Å²) in [5.74, 6) is -1.42. The number of H-pyrrole nitrogens is 1. The summed E-state index contributed by atoms with van der Waals surface area (Å²) in [6, 6.07) is 11.6. The van der Waals surface area contributed by atoms with Crippen LogP contribution in [0, 0.1) is 0 Å². The number of benzene rings is 2. The molecule has 1 saturated heterocycles. The molecule has 0 amide bonds. The first kappa shape index (κ1) is 22.6. The molecule has 3 aromatic rings. The van der Waals surface area contributed by atoms with Crippen molar-refractivity contribution < 1.29 is 22.7 Å². The predicted molar refractivity (Wildman–Crippen MR) is 119 cm³/mol. The molecule has 0 spiro atoms. The van der Waals surface area contributed by atoms with Gasteiger partial charge in [0.2, 0.25) is 10.0 Å². The summed E-state index contributed by atoms with van der Waals surface area (Å²) in [4.78, 5) is 49.1. The molecule has 4 rings (SSSR count). The summed E-state index contributed by atoms with van der Waals surface area (Å²) in [7, 11) is -3.59. The molecule has 1 aliphatic heterocycles. The molecular formula is C22H21N3O7S. The van der Waals surface area contributed by atoms with Crippen molar-refractivity contribution in [3.05, 3.63) is 74.8 Å². The second kappa shape index (κ2) is 9.12. The summed E-state index contributed by atoms with van der Waals surface area (Å²) in [5.41, 5.74) is -0.916. The van der Waals surface area contributed by atoms with Gasteiger partial charge in [0.15, 0.2) is 12.4 Å². The first-order valence-electron chi connectivity index (χ1n) is 10.3. The molecule has 0 unspecified atom stereocenters. The van der Waals surface area contributed by atoms with Gasteiger partial charge in [-0.2, -0.15) is 4.31 Å². The zero-order valence-electron chi connectivity index (χ0n) is 17.5. The van der Waals surface area contributed by atoms with Crippen LogP contribution in [0.15, 0.2) is 63.0 Å². The van der Waals surface area contributed by atoms with E-state index in [4.69, 9.17) is 4.74 Å². The van der Waals surface area contributed by atoms with E-state index < -0.39 is 46.0 Å². The largest absolute Gasteiger partial charge is 0.456 e. The molecule has 33 heavy (non-hydrogen) atoms. The minimum Gasteiger partial charge on any atom is -0.456 e. The van der Waals surface area contributed by atoms with E-state index in [9.17, 15) is 27.6 Å². The van der Waals surface area contributed by atoms with Crippen molar-refractivity contribution in [3.8, 4) is 0 Å². The Kier molecular flexibility index (Phi) is 6.25. The van der Waals surface area contributed by atoms with Crippen molar-refractivity contribution in [2.75, 3.05) is 19.7 Å². The number of ketones is 1. The second-order valence-electron chi connectivity index (χ2n) is 7.60. The number of Topliss-reactive ketones (excluding diaryl/α,β-unsaturated/α-hetero) is 1. The summed E-state index contributed by atoms with van der Waals surface area (Å²) in [6.07, 6.45) is 1.64. The van der Waals surface area contributed by atoms with Gasteiger partial charge in [0.1, 0.15) is 6.54 Å². The van der Waals surface area contributed by atoms with E-state index in [1.54, 1.807) is 12.1 Å². The SMILES string of the molecule is O=C(Cn1[nH]c(=O)c2ccccc2c1=O)OCC(=O)c1ccc(S(=O)(=O)N2CCCC2)cc1. The summed E-state index contributed by atoms with van der Waals surface area (Å²) < 4.78 is 32.3. The van der Waals surface area contributed by atoms with Crippen molar-refractivity contribution in [2.24, 2.45) is 0 Å². The number of sulfonamides is 1. The van der Waals surface area contributed by atoms with E-state index in [1.807, 2.05) is 0 Å². The van der Waals surface area contributed by atoms with Gasteiger partial charge >= 0.3 is 5.97 Å². The lowest BCUT2D eigenvalue weighted by molar-refractivity contribution is -0.143. The Balaban J connectivity index is 1.39. The number of hydrogen-bond donors (Lipinski definition) is 1. The third kappa shape index (κ3) is 4.64. The van der Waals surface area contributed by atoms with Crippen LogP contribution in [0.1, 0.15) is 23.2 Å². The van der Waals surface area contributed by atoms with E-state index >= 15 is 0 Å². The molecule has 1 fully saturated rings. The number of carbonyl (C=O) groups is 2. The van der Waals surface area contributed by atoms with Gasteiger partial charge < -0.3 is 4.74 Å². The van der Waals surface area contributed by atoms with Crippen LogP contribution in [0.4, 0.5) is 0 Å². The molecule has 0 radical (unpaired) electrons. The highest BCUT2D eigenvalue weighted by atomic mass is 32.2. The van der Waals surface area contributed by atoms with Crippen LogP contribution in [0.3, 0.4) is 0 Å². The fraction of sp³-hybridized carbons (Fsp3) is 0.273. The Morgan fingerprint density at radius 3 is 2.24 bits per heavy atom. The maximum absolute atomic E-state index is 12.6. The molecule has 11 heteroatoms. The van der Waals surface area contributed by atoms with E-state index in [1.165, 1.54) is 40.7 Å². The number of nitrogens with one attached hydrogen (secondary N) is 1. The van der Waals surface area contributed by atoms with Crippen LogP contribution >= 0.6 is 0 Å². The number of esters is 1. The topological polar surface area (TPSA) is 136 Å². The van der Waals surface area contributed by atoms with Gasteiger partial charge in [-0.25, -0.2) is 13.1 Å². The van der Waals surface area contributed by atoms with Gasteiger partial charge in [0, 0.05) is 18.7 Å². The Morgan fingerprint density at radius 2 is 1.58 bits per heavy atom. The third-order valence-corrected chi connectivity index (χ3v) is 7.33. The fourth-order valence-corrected chi connectivity index (χ4v) is 5.17. The number of aromatic amines is 1. The molecule has 10 nitrogen and oxygen atoms in total. The van der Waals surface area contributed by atoms with Gasteiger partial charge in [-0.15, -0.1) is 0 Å². The normalized spacial score (nSPS) is 14.4. The first-order valence-corrected chi connectivity index (χ1v) is 11.7. The number of aromatic nitrogens is 2. The van der Waals surface area contributed by atoms with Gasteiger partial charge in [0.25, 0.3) is 11.1 Å². The molecule has 0 aliphatic carbocycles. The molecule has 1 aromatic heterocycles. The predicted octanol–water partition coefficient (Wildman–Crippen LogP) is 0.900. The second-order valence-corrected chi connectivity index (χ2v) is 9.54. The summed E-state index contributed by atoms with van der Waals surface area (Å²) in [5, 5.41) is 2.68. The van der Waals surface area contributed by atoms with Gasteiger partial charge in [-0.05, 0) is 49.2 Å². The number of nitrogens with zero attached hydrogens (tertiary/aromatic N) is 2. The van der Waals surface area contributed by atoms with Gasteiger partial charge in [0.05, 0.1) is 15.7 Å². The van der Waals surface area contributed by atoms with Crippen LogP contribution < -0.4 is 11.1 Å². The van der Waals surface area contributed by atoms with Gasteiger partial charge in [-0.1, -0.05) is 12.1 Å². The average Bonchev–Trinajstić information content (AvgIpc) is 3.37. The highest BCUT2D eigenvalue weighted by molar-refractivity contribution is 7.89. The van der Waals surface area contributed by atoms with Crippen molar-refractivity contribution in [1.29, 1.82) is 0 Å². The highest BCUT2D eigenvalue weighted by Gasteiger charge is 2.27. The van der Waals surface area contributed by atoms with E-state index in [2.05, 4.69) is 5.10 Å². The van der Waals surface area contributed by atoms with Crippen LogP contribution in [-0.4, -0.2) is 54.0 Å². The molecule has 0 bridgehead atoms. The molecule has 1 aliphatic rings. The third-order valence-electron chi connectivity index (χ3n) is 5.41. The van der Waals surface area contributed by atoms with E-state index in [0.717, 1.165) is 17.5 Å². The Morgan fingerprint density at radius 1 is 0.939 bits per heavy atom.